The van der Waals surface area contributed by atoms with E-state index in [4.69, 9.17) is 6.42 Å². The van der Waals surface area contributed by atoms with Crippen molar-refractivity contribution in [3.63, 3.8) is 0 Å². The van der Waals surface area contributed by atoms with Crippen LogP contribution in [0.3, 0.4) is 0 Å². The van der Waals surface area contributed by atoms with E-state index in [-0.39, 0.29) is 43.1 Å². The van der Waals surface area contributed by atoms with Crippen molar-refractivity contribution in [3.8, 4) is 5.92 Å². The third kappa shape index (κ3) is 4.10. The topological polar surface area (TPSA) is 0 Å². The molecule has 0 aliphatic heterocycles. The Morgan fingerprint density at radius 1 is 0.471 bits per heavy atom. The van der Waals surface area contributed by atoms with Crippen molar-refractivity contribution in [1.29, 1.82) is 0 Å². The molecule has 0 bridgehead atoms. The van der Waals surface area contributed by atoms with Crippen LogP contribution in [0.4, 0.5) is 74.6 Å². The molecule has 18 heteroatoms. The summed E-state index contributed by atoms with van der Waals surface area (Å²) < 4.78 is 224. The van der Waals surface area contributed by atoms with Crippen LogP contribution in [-0.2, 0) is 5.92 Å². The van der Waals surface area contributed by atoms with Gasteiger partial charge in [0.2, 0.25) is 0 Å². The summed E-state index contributed by atoms with van der Waals surface area (Å²) in [5.41, 5.74) is -2.83. The molecule has 0 unspecified atom stereocenters. The summed E-state index contributed by atoms with van der Waals surface area (Å²) >= 11 is 0. The average Bonchev–Trinajstić information content (AvgIpc) is 2.66. The summed E-state index contributed by atoms with van der Waals surface area (Å²) in [5, 5.41) is 0. The van der Waals surface area contributed by atoms with Gasteiger partial charge >= 0.3 is 66.5 Å². The minimum Gasteiger partial charge on any atom is -0.366 e. The number of hydrogen-bond donors (Lipinski definition) is 0. The molecule has 1 aromatic carbocycles. The van der Waals surface area contributed by atoms with Gasteiger partial charge in [-0.3, -0.25) is 5.92 Å². The maximum Gasteiger partial charge on any atom is 1.00 e. The van der Waals surface area contributed by atoms with E-state index in [1.165, 1.54) is 5.92 Å². The van der Waals surface area contributed by atoms with Gasteiger partial charge < -0.3 is 6.42 Å². The first-order chi connectivity index (χ1) is 14.3. The molecule has 0 fully saturated rings. The molecule has 0 heterocycles. The molecule has 0 spiro atoms. The van der Waals surface area contributed by atoms with Crippen LogP contribution in [0.15, 0.2) is 24.3 Å². The van der Waals surface area contributed by atoms with Crippen molar-refractivity contribution >= 4 is 0 Å². The first-order valence-corrected chi connectivity index (χ1v) is 7.53. The Morgan fingerprint density at radius 3 is 1.06 bits per heavy atom. The van der Waals surface area contributed by atoms with Crippen LogP contribution in [0.25, 0.3) is 0 Å². The SMILES string of the molecule is [C-]#Cc1ccc(C(F)(F)C(F)(F)C(F)(F)C(F)(F)C(F)(F)C(F)(F)C(F)(F)C(F)(F)F)cc1.[Li+]. The molecule has 0 aliphatic carbocycles. The van der Waals surface area contributed by atoms with E-state index in [1.807, 2.05) is 0 Å². The van der Waals surface area contributed by atoms with Gasteiger partial charge in [0.15, 0.2) is 0 Å². The van der Waals surface area contributed by atoms with Crippen LogP contribution in [0.1, 0.15) is 11.1 Å². The molecule has 0 amide bonds. The van der Waals surface area contributed by atoms with Gasteiger partial charge in [-0.15, -0.1) is 17.7 Å². The van der Waals surface area contributed by atoms with E-state index < -0.39 is 58.8 Å². The van der Waals surface area contributed by atoms with Gasteiger partial charge in [-0.05, 0) is 0 Å². The summed E-state index contributed by atoms with van der Waals surface area (Å²) in [6, 6.07) is 0.137. The second kappa shape index (κ2) is 8.69. The number of rotatable bonds is 7. The zero-order chi connectivity index (χ0) is 26.7. The number of hydrogen-bond acceptors (Lipinski definition) is 0. The van der Waals surface area contributed by atoms with Gasteiger partial charge in [0.25, 0.3) is 0 Å². The van der Waals surface area contributed by atoms with E-state index in [1.54, 1.807) is 0 Å². The van der Waals surface area contributed by atoms with E-state index in [0.29, 0.717) is 0 Å². The summed E-state index contributed by atoms with van der Waals surface area (Å²) in [4.78, 5) is 0. The zero-order valence-electron chi connectivity index (χ0n) is 15.7. The summed E-state index contributed by atoms with van der Waals surface area (Å²) in [7, 11) is 0. The molecule has 188 valence electrons. The number of benzene rings is 1. The normalized spacial score (nSPS) is 14.9. The smallest absolute Gasteiger partial charge is 0.366 e. The predicted molar refractivity (Wildman–Crippen MR) is 72.3 cm³/mol. The maximum atomic E-state index is 13.9. The molecule has 0 N–H and O–H groups in total. The third-order valence-electron chi connectivity index (χ3n) is 4.11. The molecule has 1 rings (SSSR count). The van der Waals surface area contributed by atoms with E-state index in [2.05, 4.69) is 0 Å². The zero-order valence-corrected chi connectivity index (χ0v) is 15.7. The molecular weight excluding hydrogens is 522 g/mol. The Labute approximate surface area is 189 Å². The minimum absolute atomic E-state index is 0. The fraction of sp³-hybridized carbons (Fsp3) is 0.500. The van der Waals surface area contributed by atoms with Crippen molar-refractivity contribution in [1.82, 2.24) is 0 Å². The second-order valence-electron chi connectivity index (χ2n) is 6.22. The molecule has 0 saturated heterocycles. The van der Waals surface area contributed by atoms with Gasteiger partial charge in [-0.25, -0.2) is 0 Å². The Balaban J connectivity index is 0.0000109. The summed E-state index contributed by atoms with van der Waals surface area (Å²) in [6.07, 6.45) is -1.19. The number of alkyl halides is 17. The van der Waals surface area contributed by atoms with E-state index >= 15 is 0 Å². The van der Waals surface area contributed by atoms with Crippen molar-refractivity contribution in [2.75, 3.05) is 0 Å². The van der Waals surface area contributed by atoms with Crippen LogP contribution in [-0.4, -0.2) is 41.7 Å². The van der Waals surface area contributed by atoms with Crippen LogP contribution >= 0.6 is 0 Å². The molecular formula is C16H4F17Li. The molecule has 0 nitrogen and oxygen atoms in total. The van der Waals surface area contributed by atoms with Gasteiger partial charge in [-0.1, -0.05) is 12.1 Å². The fourth-order valence-electron chi connectivity index (χ4n) is 2.11. The quantitative estimate of drug-likeness (QED) is 0.218. The van der Waals surface area contributed by atoms with E-state index in [0.717, 1.165) is 0 Å². The van der Waals surface area contributed by atoms with Crippen molar-refractivity contribution in [3.05, 3.63) is 41.8 Å². The Morgan fingerprint density at radius 2 is 0.765 bits per heavy atom. The van der Waals surface area contributed by atoms with Crippen molar-refractivity contribution in [2.45, 2.75) is 47.6 Å². The first kappa shape index (κ1) is 32.2. The molecule has 1 aromatic rings. The van der Waals surface area contributed by atoms with Crippen molar-refractivity contribution in [2.24, 2.45) is 0 Å². The van der Waals surface area contributed by atoms with E-state index in [9.17, 15) is 74.6 Å². The summed E-state index contributed by atoms with van der Waals surface area (Å²) in [5.74, 6) is -55.2. The monoisotopic (exact) mass is 526 g/mol. The van der Waals surface area contributed by atoms with Gasteiger partial charge in [0.05, 0.1) is 0 Å². The maximum absolute atomic E-state index is 13.9. The van der Waals surface area contributed by atoms with Crippen LogP contribution in [0.5, 0.6) is 0 Å². The van der Waals surface area contributed by atoms with Crippen LogP contribution in [0.2, 0.25) is 0 Å². The second-order valence-corrected chi connectivity index (χ2v) is 6.22. The van der Waals surface area contributed by atoms with Crippen LogP contribution < -0.4 is 18.9 Å². The molecule has 0 atom stereocenters. The Kier molecular flexibility index (Phi) is 8.23. The first-order valence-electron chi connectivity index (χ1n) is 7.53. The average molecular weight is 526 g/mol. The van der Waals surface area contributed by atoms with Crippen LogP contribution in [0, 0.1) is 12.3 Å². The Hall–Kier alpha value is -1.81. The molecule has 0 aromatic heterocycles. The van der Waals surface area contributed by atoms with Gasteiger partial charge in [0.1, 0.15) is 0 Å². The minimum atomic E-state index is -8.65. The van der Waals surface area contributed by atoms with Gasteiger partial charge in [-0.2, -0.15) is 74.6 Å². The van der Waals surface area contributed by atoms with Gasteiger partial charge in [0, 0.05) is 5.56 Å². The standard InChI is InChI=1S/C16H4F17.Li/c1-2-7-3-5-8(6-4-7)9(17,18)10(19,20)11(21,22)12(23,24)13(25,26)14(27,28)15(29,30)16(31,32)33;/h3-6H;/q-1;+1. The number of halogens is 17. The fourth-order valence-corrected chi connectivity index (χ4v) is 2.11. The molecule has 0 saturated carbocycles. The van der Waals surface area contributed by atoms with Crippen molar-refractivity contribution < 1.29 is 93.5 Å². The predicted octanol–water partition coefficient (Wildman–Crippen LogP) is 4.09. The third-order valence-corrected chi connectivity index (χ3v) is 4.11. The Bertz CT molecular complexity index is 905. The molecule has 0 aliphatic rings. The summed E-state index contributed by atoms with van der Waals surface area (Å²) in [6.45, 7) is 0. The molecule has 0 radical (unpaired) electrons. The molecule has 34 heavy (non-hydrogen) atoms. The largest absolute Gasteiger partial charge is 1.00 e.